The monoisotopic (exact) mass is 464 g/mol. The third kappa shape index (κ3) is 5.46. The summed E-state index contributed by atoms with van der Waals surface area (Å²) in [7, 11) is 0.957. The average molecular weight is 464 g/mol. The first-order valence-electron chi connectivity index (χ1n) is 10.1. The molecule has 0 aliphatic rings. The van der Waals surface area contributed by atoms with Crippen molar-refractivity contribution < 1.29 is 27.8 Å². The number of halogens is 3. The molecular formula is C23H23F3N2O5. The molecule has 0 radical (unpaired) electrons. The van der Waals surface area contributed by atoms with Crippen LogP contribution in [0.5, 0.6) is 11.5 Å². The van der Waals surface area contributed by atoms with Gasteiger partial charge in [-0.2, -0.15) is 13.2 Å². The van der Waals surface area contributed by atoms with Crippen LogP contribution in [0, 0.1) is 0 Å². The van der Waals surface area contributed by atoms with Crippen molar-refractivity contribution in [1.82, 2.24) is 9.13 Å². The Bertz CT molecular complexity index is 1230. The van der Waals surface area contributed by atoms with E-state index < -0.39 is 23.1 Å². The number of hydrogen-bond acceptors (Lipinski definition) is 5. The van der Waals surface area contributed by atoms with Crippen LogP contribution in [0.25, 0.3) is 5.69 Å². The smallest absolute Gasteiger partial charge is 0.431 e. The van der Waals surface area contributed by atoms with E-state index in [4.69, 9.17) is 14.6 Å². The van der Waals surface area contributed by atoms with E-state index in [0.717, 1.165) is 24.6 Å². The van der Waals surface area contributed by atoms with Gasteiger partial charge in [-0.15, -0.1) is 0 Å². The highest BCUT2D eigenvalue weighted by Gasteiger charge is 2.35. The van der Waals surface area contributed by atoms with Crippen LogP contribution >= 0.6 is 0 Å². The number of aliphatic hydroxyl groups is 1. The van der Waals surface area contributed by atoms with Crippen LogP contribution < -0.4 is 20.7 Å². The largest absolute Gasteiger partial charge is 0.491 e. The minimum atomic E-state index is -4.82. The number of rotatable bonds is 8. The molecule has 176 valence electrons. The van der Waals surface area contributed by atoms with Crippen LogP contribution in [0.3, 0.4) is 0 Å². The van der Waals surface area contributed by atoms with Crippen LogP contribution in [0.2, 0.25) is 0 Å². The second kappa shape index (κ2) is 9.95. The molecule has 0 fully saturated rings. The molecule has 3 aromatic rings. The molecule has 0 aliphatic heterocycles. The molecule has 7 nitrogen and oxygen atoms in total. The average Bonchev–Trinajstić information content (AvgIpc) is 2.79. The standard InChI is InChI=1S/C23H23F3N2O5/c1-3-15-4-5-16(19(12-15)32-11-10-29)14-33-18-8-6-17(7-9-18)28-21(30)13-20(23(24,25)26)27(2)22(28)31/h4-9,12-13,29H,3,10-11,14H2,1-2H3. The molecule has 10 heteroatoms. The summed E-state index contributed by atoms with van der Waals surface area (Å²) in [4.78, 5) is 24.6. The molecule has 1 N–H and O–H groups in total. The number of hydrogen-bond donors (Lipinski definition) is 1. The van der Waals surface area contributed by atoms with Gasteiger partial charge >= 0.3 is 11.9 Å². The van der Waals surface area contributed by atoms with E-state index in [1.54, 1.807) is 0 Å². The molecule has 0 spiro atoms. The van der Waals surface area contributed by atoms with E-state index in [2.05, 4.69) is 0 Å². The number of alkyl halides is 3. The van der Waals surface area contributed by atoms with Crippen LogP contribution in [0.4, 0.5) is 13.2 Å². The van der Waals surface area contributed by atoms with Crippen molar-refractivity contribution in [2.24, 2.45) is 7.05 Å². The van der Waals surface area contributed by atoms with Gasteiger partial charge < -0.3 is 14.6 Å². The fourth-order valence-corrected chi connectivity index (χ4v) is 3.22. The molecule has 3 rings (SSSR count). The maximum atomic E-state index is 13.0. The Hall–Kier alpha value is -3.53. The van der Waals surface area contributed by atoms with Gasteiger partial charge in [-0.3, -0.25) is 9.36 Å². The molecule has 0 amide bonds. The van der Waals surface area contributed by atoms with Crippen LogP contribution in [0.1, 0.15) is 23.7 Å². The lowest BCUT2D eigenvalue weighted by Gasteiger charge is -2.15. The molecule has 0 saturated heterocycles. The van der Waals surface area contributed by atoms with E-state index >= 15 is 0 Å². The molecule has 33 heavy (non-hydrogen) atoms. The van der Waals surface area contributed by atoms with Gasteiger partial charge in [-0.05, 0) is 42.3 Å². The molecule has 0 bridgehead atoms. The third-order valence-corrected chi connectivity index (χ3v) is 4.99. The lowest BCUT2D eigenvalue weighted by molar-refractivity contribution is -0.144. The highest BCUT2D eigenvalue weighted by molar-refractivity contribution is 5.40. The lowest BCUT2D eigenvalue weighted by Crippen LogP contribution is -2.40. The van der Waals surface area contributed by atoms with Crippen LogP contribution in [0.15, 0.2) is 58.1 Å². The maximum absolute atomic E-state index is 13.0. The summed E-state index contributed by atoms with van der Waals surface area (Å²) in [6.07, 6.45) is -4.00. The molecule has 1 heterocycles. The second-order valence-corrected chi connectivity index (χ2v) is 7.19. The molecule has 0 unspecified atom stereocenters. The van der Waals surface area contributed by atoms with E-state index in [1.807, 2.05) is 25.1 Å². The van der Waals surface area contributed by atoms with Crippen molar-refractivity contribution >= 4 is 0 Å². The van der Waals surface area contributed by atoms with Gasteiger partial charge in [0.1, 0.15) is 30.4 Å². The second-order valence-electron chi connectivity index (χ2n) is 7.19. The van der Waals surface area contributed by atoms with Crippen LogP contribution in [-0.4, -0.2) is 27.5 Å². The number of benzene rings is 2. The molecule has 2 aromatic carbocycles. The zero-order valence-electron chi connectivity index (χ0n) is 18.1. The highest BCUT2D eigenvalue weighted by Crippen LogP contribution is 2.27. The zero-order chi connectivity index (χ0) is 24.2. The predicted molar refractivity (Wildman–Crippen MR) is 115 cm³/mol. The van der Waals surface area contributed by atoms with Crippen molar-refractivity contribution in [3.63, 3.8) is 0 Å². The molecule has 1 aromatic heterocycles. The highest BCUT2D eigenvalue weighted by atomic mass is 19.4. The summed E-state index contributed by atoms with van der Waals surface area (Å²) in [6.45, 7) is 2.19. The van der Waals surface area contributed by atoms with E-state index in [1.165, 1.54) is 24.3 Å². The number of aromatic nitrogens is 2. The summed E-state index contributed by atoms with van der Waals surface area (Å²) in [5.41, 5.74) is -1.56. The van der Waals surface area contributed by atoms with Crippen molar-refractivity contribution in [3.05, 3.63) is 86.2 Å². The van der Waals surface area contributed by atoms with E-state index in [-0.39, 0.29) is 25.5 Å². The quantitative estimate of drug-likeness (QED) is 0.554. The topological polar surface area (TPSA) is 82.7 Å². The van der Waals surface area contributed by atoms with Gasteiger partial charge in [0.25, 0.3) is 5.56 Å². The van der Waals surface area contributed by atoms with Gasteiger partial charge in [-0.25, -0.2) is 9.36 Å². The number of ether oxygens (including phenoxy) is 2. The van der Waals surface area contributed by atoms with Crippen molar-refractivity contribution in [1.29, 1.82) is 0 Å². The summed E-state index contributed by atoms with van der Waals surface area (Å²) < 4.78 is 51.4. The van der Waals surface area contributed by atoms with Gasteiger partial charge in [0.15, 0.2) is 0 Å². The van der Waals surface area contributed by atoms with Crippen molar-refractivity contribution in [2.45, 2.75) is 26.1 Å². The fraction of sp³-hybridized carbons (Fsp3) is 0.304. The Balaban J connectivity index is 1.82. The van der Waals surface area contributed by atoms with E-state index in [9.17, 15) is 22.8 Å². The Morgan fingerprint density at radius 2 is 1.70 bits per heavy atom. The van der Waals surface area contributed by atoms with Gasteiger partial charge in [0, 0.05) is 18.7 Å². The van der Waals surface area contributed by atoms with Crippen molar-refractivity contribution in [2.75, 3.05) is 13.2 Å². The normalized spacial score (nSPS) is 11.5. The molecule has 0 atom stereocenters. The Morgan fingerprint density at radius 1 is 1.00 bits per heavy atom. The minimum absolute atomic E-state index is 0.112. The Labute approximate surface area is 187 Å². The lowest BCUT2D eigenvalue weighted by atomic mass is 10.1. The first kappa shape index (κ1) is 24.1. The molecular weight excluding hydrogens is 441 g/mol. The predicted octanol–water partition coefficient (Wildman–Crippen LogP) is 3.07. The fourth-order valence-electron chi connectivity index (χ4n) is 3.22. The SMILES string of the molecule is CCc1ccc(COc2ccc(-n3c(=O)cc(C(F)(F)F)n(C)c3=O)cc2)c(OCCO)c1. The third-order valence-electron chi connectivity index (χ3n) is 4.99. The first-order valence-corrected chi connectivity index (χ1v) is 10.1. The number of aryl methyl sites for hydroxylation is 1. The first-order chi connectivity index (χ1) is 15.7. The zero-order valence-corrected chi connectivity index (χ0v) is 18.1. The summed E-state index contributed by atoms with van der Waals surface area (Å²) >= 11 is 0. The Morgan fingerprint density at radius 3 is 2.30 bits per heavy atom. The summed E-state index contributed by atoms with van der Waals surface area (Å²) in [5, 5.41) is 9.02. The van der Waals surface area contributed by atoms with Crippen molar-refractivity contribution in [3.8, 4) is 17.2 Å². The van der Waals surface area contributed by atoms with Gasteiger partial charge in [0.05, 0.1) is 12.3 Å². The molecule has 0 saturated carbocycles. The summed E-state index contributed by atoms with van der Waals surface area (Å²) in [6, 6.07) is 11.9. The van der Waals surface area contributed by atoms with Gasteiger partial charge in [0.2, 0.25) is 0 Å². The number of aliphatic hydroxyl groups excluding tert-OH is 1. The van der Waals surface area contributed by atoms with Crippen LogP contribution in [-0.2, 0) is 26.3 Å². The number of nitrogens with zero attached hydrogens (tertiary/aromatic N) is 2. The minimum Gasteiger partial charge on any atom is -0.491 e. The maximum Gasteiger partial charge on any atom is 0.431 e. The molecule has 0 aliphatic carbocycles. The van der Waals surface area contributed by atoms with Gasteiger partial charge in [-0.1, -0.05) is 19.1 Å². The van der Waals surface area contributed by atoms with E-state index in [0.29, 0.717) is 26.7 Å². The summed E-state index contributed by atoms with van der Waals surface area (Å²) in [5.74, 6) is 1.02. The Kier molecular flexibility index (Phi) is 7.27.